The van der Waals surface area contributed by atoms with Crippen LogP contribution >= 0.6 is 12.6 Å². The van der Waals surface area contributed by atoms with Gasteiger partial charge < -0.3 is 26.8 Å². The van der Waals surface area contributed by atoms with Crippen LogP contribution in [0.5, 0.6) is 0 Å². The second-order valence-corrected chi connectivity index (χ2v) is 9.31. The SMILES string of the molecule is CCC(C)C(NC(=O)C(CS)NC(=O)C(Cc1ccccc1)NC(=O)C(N)CC(C)C)C(=O)O. The minimum atomic E-state index is -1.15. The zero-order valence-electron chi connectivity index (χ0n) is 20.3. The van der Waals surface area contributed by atoms with Crippen LogP contribution in [0, 0.1) is 11.8 Å². The van der Waals surface area contributed by atoms with Crippen molar-refractivity contribution in [3.63, 3.8) is 0 Å². The Labute approximate surface area is 207 Å². The number of hydrogen-bond acceptors (Lipinski definition) is 6. The highest BCUT2D eigenvalue weighted by atomic mass is 32.1. The van der Waals surface area contributed by atoms with Crippen molar-refractivity contribution in [2.24, 2.45) is 17.6 Å². The van der Waals surface area contributed by atoms with Gasteiger partial charge in [0.1, 0.15) is 18.1 Å². The molecule has 0 bridgehead atoms. The van der Waals surface area contributed by atoms with Crippen LogP contribution in [0.1, 0.15) is 46.1 Å². The lowest BCUT2D eigenvalue weighted by Gasteiger charge is -2.26. The zero-order chi connectivity index (χ0) is 25.8. The van der Waals surface area contributed by atoms with E-state index in [2.05, 4.69) is 28.6 Å². The Balaban J connectivity index is 3.00. The predicted octanol–water partition coefficient (Wildman–Crippen LogP) is 1.12. The molecule has 0 aliphatic heterocycles. The predicted molar refractivity (Wildman–Crippen MR) is 134 cm³/mol. The first-order valence-electron chi connectivity index (χ1n) is 11.5. The number of benzene rings is 1. The fourth-order valence-corrected chi connectivity index (χ4v) is 3.61. The Morgan fingerprint density at radius 1 is 0.941 bits per heavy atom. The molecule has 9 nitrogen and oxygen atoms in total. The van der Waals surface area contributed by atoms with Crippen LogP contribution < -0.4 is 21.7 Å². The molecule has 0 saturated carbocycles. The van der Waals surface area contributed by atoms with Crippen molar-refractivity contribution in [2.75, 3.05) is 5.75 Å². The number of nitrogens with two attached hydrogens (primary N) is 1. The topological polar surface area (TPSA) is 151 Å². The largest absolute Gasteiger partial charge is 0.480 e. The molecular formula is C24H38N4O5S. The van der Waals surface area contributed by atoms with Crippen molar-refractivity contribution < 1.29 is 24.3 Å². The first-order valence-corrected chi connectivity index (χ1v) is 12.2. The van der Waals surface area contributed by atoms with Gasteiger partial charge in [0.25, 0.3) is 0 Å². The van der Waals surface area contributed by atoms with Gasteiger partial charge in [-0.05, 0) is 23.8 Å². The van der Waals surface area contributed by atoms with E-state index in [0.29, 0.717) is 12.8 Å². The van der Waals surface area contributed by atoms with E-state index in [1.54, 1.807) is 6.92 Å². The van der Waals surface area contributed by atoms with Crippen molar-refractivity contribution in [1.29, 1.82) is 0 Å². The maximum Gasteiger partial charge on any atom is 0.326 e. The van der Waals surface area contributed by atoms with Gasteiger partial charge >= 0.3 is 5.97 Å². The van der Waals surface area contributed by atoms with E-state index in [1.807, 2.05) is 51.1 Å². The molecule has 1 rings (SSSR count). The molecule has 5 unspecified atom stereocenters. The summed E-state index contributed by atoms with van der Waals surface area (Å²) in [5.74, 6) is -3.00. The average molecular weight is 495 g/mol. The molecule has 1 aromatic carbocycles. The fourth-order valence-electron chi connectivity index (χ4n) is 3.36. The molecule has 0 saturated heterocycles. The summed E-state index contributed by atoms with van der Waals surface area (Å²) in [5.41, 5.74) is 6.80. The summed E-state index contributed by atoms with van der Waals surface area (Å²) >= 11 is 4.16. The molecule has 6 N–H and O–H groups in total. The Kier molecular flexibility index (Phi) is 12.7. The van der Waals surface area contributed by atoms with Gasteiger partial charge in [0.2, 0.25) is 17.7 Å². The zero-order valence-corrected chi connectivity index (χ0v) is 21.2. The van der Waals surface area contributed by atoms with Crippen LogP contribution in [0.25, 0.3) is 0 Å². The molecule has 0 fully saturated rings. The molecule has 0 aliphatic carbocycles. The van der Waals surface area contributed by atoms with E-state index in [4.69, 9.17) is 5.73 Å². The monoisotopic (exact) mass is 494 g/mol. The maximum atomic E-state index is 13.1. The van der Waals surface area contributed by atoms with E-state index in [0.717, 1.165) is 5.56 Å². The normalized spacial score (nSPS) is 15.5. The van der Waals surface area contributed by atoms with Crippen LogP contribution in [0.4, 0.5) is 0 Å². The minimum absolute atomic E-state index is 0.0523. The highest BCUT2D eigenvalue weighted by Gasteiger charge is 2.31. The number of carboxylic acids is 1. The summed E-state index contributed by atoms with van der Waals surface area (Å²) in [5, 5.41) is 17.2. The van der Waals surface area contributed by atoms with Crippen molar-refractivity contribution >= 4 is 36.3 Å². The van der Waals surface area contributed by atoms with Crippen molar-refractivity contribution in [3.05, 3.63) is 35.9 Å². The molecule has 0 radical (unpaired) electrons. The molecule has 190 valence electrons. The number of carboxylic acid groups (broad SMARTS) is 1. The first-order chi connectivity index (χ1) is 16.0. The van der Waals surface area contributed by atoms with Gasteiger partial charge in [-0.1, -0.05) is 64.4 Å². The summed E-state index contributed by atoms with van der Waals surface area (Å²) in [4.78, 5) is 50.0. The van der Waals surface area contributed by atoms with Crippen LogP contribution in [-0.2, 0) is 25.6 Å². The van der Waals surface area contributed by atoms with Gasteiger partial charge in [-0.15, -0.1) is 0 Å². The van der Waals surface area contributed by atoms with Crippen molar-refractivity contribution in [3.8, 4) is 0 Å². The quantitative estimate of drug-likeness (QED) is 0.213. The van der Waals surface area contributed by atoms with E-state index >= 15 is 0 Å². The summed E-state index contributed by atoms with van der Waals surface area (Å²) in [6, 6.07) is 5.21. The highest BCUT2D eigenvalue weighted by molar-refractivity contribution is 7.80. The Hall–Kier alpha value is -2.59. The molecule has 0 aromatic heterocycles. The molecule has 0 heterocycles. The van der Waals surface area contributed by atoms with Gasteiger partial charge in [-0.3, -0.25) is 14.4 Å². The van der Waals surface area contributed by atoms with Crippen LogP contribution in [0.3, 0.4) is 0 Å². The number of carbonyl (C=O) groups excluding carboxylic acids is 3. The molecule has 1 aromatic rings. The van der Waals surface area contributed by atoms with E-state index in [-0.39, 0.29) is 24.0 Å². The van der Waals surface area contributed by atoms with Gasteiger partial charge in [0, 0.05) is 12.2 Å². The molecule has 5 atom stereocenters. The minimum Gasteiger partial charge on any atom is -0.480 e. The smallest absolute Gasteiger partial charge is 0.326 e. The number of thiol groups is 1. The van der Waals surface area contributed by atoms with Crippen LogP contribution in [0.2, 0.25) is 0 Å². The molecule has 10 heteroatoms. The lowest BCUT2D eigenvalue weighted by Crippen LogP contribution is -2.58. The molecule has 34 heavy (non-hydrogen) atoms. The summed E-state index contributed by atoms with van der Waals surface area (Å²) in [6.45, 7) is 7.44. The third kappa shape index (κ3) is 9.72. The second kappa shape index (κ2) is 14.6. The van der Waals surface area contributed by atoms with Crippen LogP contribution in [0.15, 0.2) is 30.3 Å². The van der Waals surface area contributed by atoms with Crippen LogP contribution in [-0.4, -0.2) is 58.7 Å². The number of amides is 3. The number of nitrogens with one attached hydrogen (secondary N) is 3. The Morgan fingerprint density at radius 3 is 2.00 bits per heavy atom. The van der Waals surface area contributed by atoms with Gasteiger partial charge in [0.15, 0.2) is 0 Å². The van der Waals surface area contributed by atoms with Gasteiger partial charge in [0.05, 0.1) is 6.04 Å². The summed E-state index contributed by atoms with van der Waals surface area (Å²) in [6.07, 6.45) is 1.20. The summed E-state index contributed by atoms with van der Waals surface area (Å²) < 4.78 is 0. The van der Waals surface area contributed by atoms with E-state index in [9.17, 15) is 24.3 Å². The van der Waals surface area contributed by atoms with Gasteiger partial charge in [-0.25, -0.2) is 4.79 Å². The molecule has 0 aliphatic rings. The lowest BCUT2D eigenvalue weighted by atomic mass is 9.99. The number of aliphatic carboxylic acids is 1. The maximum absolute atomic E-state index is 13.1. The number of rotatable bonds is 14. The molecule has 3 amide bonds. The Bertz CT molecular complexity index is 821. The van der Waals surface area contributed by atoms with Crippen molar-refractivity contribution in [1.82, 2.24) is 16.0 Å². The average Bonchev–Trinajstić information content (AvgIpc) is 2.79. The summed E-state index contributed by atoms with van der Waals surface area (Å²) in [7, 11) is 0. The highest BCUT2D eigenvalue weighted by Crippen LogP contribution is 2.10. The number of carbonyl (C=O) groups is 4. The number of hydrogen-bond donors (Lipinski definition) is 6. The first kappa shape index (κ1) is 29.4. The second-order valence-electron chi connectivity index (χ2n) is 8.94. The molecular weight excluding hydrogens is 456 g/mol. The standard InChI is InChI=1S/C24H38N4O5S/c1-5-15(4)20(24(32)33)28-23(31)19(13-34)27-22(30)18(12-16-9-7-6-8-10-16)26-21(29)17(25)11-14(2)3/h6-10,14-15,17-20,34H,5,11-13,25H2,1-4H3,(H,26,29)(H,27,30)(H,28,31)(H,32,33). The third-order valence-electron chi connectivity index (χ3n) is 5.57. The Morgan fingerprint density at radius 2 is 1.50 bits per heavy atom. The van der Waals surface area contributed by atoms with Gasteiger partial charge in [-0.2, -0.15) is 12.6 Å². The molecule has 0 spiro atoms. The lowest BCUT2D eigenvalue weighted by molar-refractivity contribution is -0.143. The van der Waals surface area contributed by atoms with Crippen molar-refractivity contribution in [2.45, 2.75) is 71.1 Å². The van der Waals surface area contributed by atoms with E-state index < -0.39 is 47.9 Å². The third-order valence-corrected chi connectivity index (χ3v) is 5.94. The van der Waals surface area contributed by atoms with E-state index in [1.165, 1.54) is 0 Å². The fraction of sp³-hybridized carbons (Fsp3) is 0.583.